The molecule has 0 atom stereocenters. The van der Waals surface area contributed by atoms with Gasteiger partial charge in [0.2, 0.25) is 6.34 Å². The highest BCUT2D eigenvalue weighted by molar-refractivity contribution is 5.49. The van der Waals surface area contributed by atoms with Gasteiger partial charge in [0.05, 0.1) is 6.54 Å². The van der Waals surface area contributed by atoms with Crippen LogP contribution in [0, 0.1) is 0 Å². The second-order valence-corrected chi connectivity index (χ2v) is 7.06. The van der Waals surface area contributed by atoms with E-state index < -0.39 is 0 Å². The van der Waals surface area contributed by atoms with E-state index in [1.165, 1.54) is 103 Å². The van der Waals surface area contributed by atoms with Gasteiger partial charge >= 0.3 is 0 Å². The van der Waals surface area contributed by atoms with Crippen LogP contribution in [0.1, 0.15) is 96.8 Å². The summed E-state index contributed by atoms with van der Waals surface area (Å²) < 4.78 is 2.41. The zero-order valence-corrected chi connectivity index (χ0v) is 15.7. The van der Waals surface area contributed by atoms with Gasteiger partial charge in [-0.3, -0.25) is 9.89 Å². The van der Waals surface area contributed by atoms with Gasteiger partial charge in [0.1, 0.15) is 13.1 Å². The Morgan fingerprint density at radius 1 is 0.783 bits per heavy atom. The Balaban J connectivity index is 1.71. The zero-order valence-electron chi connectivity index (χ0n) is 15.7. The SMILES string of the molecule is CCCCCCCCC=CCCCCCCCC[N+]1=CNCC1. The van der Waals surface area contributed by atoms with Crippen LogP contribution in [0.4, 0.5) is 0 Å². The minimum absolute atomic E-state index is 1.13. The summed E-state index contributed by atoms with van der Waals surface area (Å²) in [5.74, 6) is 0. The second-order valence-electron chi connectivity index (χ2n) is 7.06. The Kier molecular flexibility index (Phi) is 14.2. The molecule has 0 unspecified atom stereocenters. The van der Waals surface area contributed by atoms with Crippen molar-refractivity contribution in [2.24, 2.45) is 0 Å². The van der Waals surface area contributed by atoms with Gasteiger partial charge in [-0.2, -0.15) is 0 Å². The van der Waals surface area contributed by atoms with Gasteiger partial charge in [0, 0.05) is 0 Å². The van der Waals surface area contributed by atoms with Gasteiger partial charge in [0.15, 0.2) is 0 Å². The van der Waals surface area contributed by atoms with Crippen LogP contribution in [0.15, 0.2) is 12.2 Å². The number of hydrogen-bond acceptors (Lipinski definition) is 1. The molecule has 2 nitrogen and oxygen atoms in total. The van der Waals surface area contributed by atoms with Crippen molar-refractivity contribution in [1.82, 2.24) is 5.32 Å². The highest BCUT2D eigenvalue weighted by Gasteiger charge is 2.06. The van der Waals surface area contributed by atoms with Crippen molar-refractivity contribution in [1.29, 1.82) is 0 Å². The van der Waals surface area contributed by atoms with Gasteiger partial charge < -0.3 is 0 Å². The Bertz CT molecular complexity index is 307. The Morgan fingerprint density at radius 2 is 1.35 bits per heavy atom. The van der Waals surface area contributed by atoms with E-state index in [9.17, 15) is 0 Å². The van der Waals surface area contributed by atoms with Crippen LogP contribution in [0.5, 0.6) is 0 Å². The van der Waals surface area contributed by atoms with E-state index in [1.807, 2.05) is 0 Å². The highest BCUT2D eigenvalue weighted by Crippen LogP contribution is 2.10. The van der Waals surface area contributed by atoms with E-state index in [4.69, 9.17) is 0 Å². The largest absolute Gasteiger partial charge is 0.277 e. The van der Waals surface area contributed by atoms with Crippen molar-refractivity contribution in [2.75, 3.05) is 19.6 Å². The Hall–Kier alpha value is -0.790. The van der Waals surface area contributed by atoms with E-state index >= 15 is 0 Å². The molecule has 0 aliphatic carbocycles. The quantitative estimate of drug-likeness (QED) is 0.220. The van der Waals surface area contributed by atoms with E-state index in [0.717, 1.165) is 6.54 Å². The summed E-state index contributed by atoms with van der Waals surface area (Å²) >= 11 is 0. The van der Waals surface area contributed by atoms with Crippen molar-refractivity contribution in [3.05, 3.63) is 12.2 Å². The molecule has 1 N–H and O–H groups in total. The summed E-state index contributed by atoms with van der Waals surface area (Å²) in [6.07, 6.45) is 26.5. The monoisotopic (exact) mass is 321 g/mol. The number of nitrogens with zero attached hydrogens (tertiary/aromatic N) is 1. The van der Waals surface area contributed by atoms with Crippen LogP contribution >= 0.6 is 0 Å². The average Bonchev–Trinajstić information content (AvgIpc) is 3.08. The number of nitrogens with one attached hydrogen (secondary N) is 1. The first kappa shape index (κ1) is 20.3. The fourth-order valence-electron chi connectivity index (χ4n) is 3.21. The third-order valence-corrected chi connectivity index (χ3v) is 4.77. The molecule has 1 aliphatic rings. The minimum Gasteiger partial charge on any atom is -0.277 e. The van der Waals surface area contributed by atoms with Crippen LogP contribution in [0.2, 0.25) is 0 Å². The lowest BCUT2D eigenvalue weighted by Gasteiger charge is -2.01. The maximum atomic E-state index is 3.27. The predicted octanol–water partition coefficient (Wildman–Crippen LogP) is 5.67. The molecule has 0 fully saturated rings. The lowest BCUT2D eigenvalue weighted by Crippen LogP contribution is -2.11. The molecule has 0 radical (unpaired) electrons. The number of unbranched alkanes of at least 4 members (excludes halogenated alkanes) is 12. The van der Waals surface area contributed by atoms with Crippen molar-refractivity contribution in [3.63, 3.8) is 0 Å². The average molecular weight is 322 g/mol. The Morgan fingerprint density at radius 3 is 1.91 bits per heavy atom. The number of rotatable bonds is 16. The van der Waals surface area contributed by atoms with Crippen LogP contribution in [0.25, 0.3) is 0 Å². The summed E-state index contributed by atoms with van der Waals surface area (Å²) in [6, 6.07) is 0. The summed E-state index contributed by atoms with van der Waals surface area (Å²) in [5.41, 5.74) is 0. The van der Waals surface area contributed by atoms with Crippen molar-refractivity contribution < 1.29 is 4.58 Å². The fourth-order valence-corrected chi connectivity index (χ4v) is 3.21. The lowest BCUT2D eigenvalue weighted by molar-refractivity contribution is -0.514. The van der Waals surface area contributed by atoms with Crippen LogP contribution in [-0.4, -0.2) is 30.5 Å². The maximum Gasteiger partial charge on any atom is 0.232 e. The summed E-state index contributed by atoms with van der Waals surface area (Å²) in [5, 5.41) is 3.27. The first-order valence-electron chi connectivity index (χ1n) is 10.4. The molecule has 0 bridgehead atoms. The smallest absolute Gasteiger partial charge is 0.232 e. The molecule has 1 heterocycles. The van der Waals surface area contributed by atoms with Crippen LogP contribution in [-0.2, 0) is 0 Å². The van der Waals surface area contributed by atoms with E-state index in [0.29, 0.717) is 0 Å². The lowest BCUT2D eigenvalue weighted by atomic mass is 10.1. The third kappa shape index (κ3) is 13.4. The summed E-state index contributed by atoms with van der Waals surface area (Å²) in [6.45, 7) is 5.86. The van der Waals surface area contributed by atoms with Gasteiger partial charge in [-0.05, 0) is 38.5 Å². The molecule has 0 aromatic carbocycles. The zero-order chi connectivity index (χ0) is 16.4. The summed E-state index contributed by atoms with van der Waals surface area (Å²) in [4.78, 5) is 0. The molecule has 23 heavy (non-hydrogen) atoms. The van der Waals surface area contributed by atoms with Crippen LogP contribution in [0.3, 0.4) is 0 Å². The Labute approximate surface area is 145 Å². The number of hydrogen-bond donors (Lipinski definition) is 1. The summed E-state index contributed by atoms with van der Waals surface area (Å²) in [7, 11) is 0. The molecule has 0 aromatic heterocycles. The second kappa shape index (κ2) is 16.1. The fraction of sp³-hybridized carbons (Fsp3) is 0.857. The van der Waals surface area contributed by atoms with Crippen molar-refractivity contribution in [3.8, 4) is 0 Å². The molecule has 0 saturated heterocycles. The minimum atomic E-state index is 1.13. The maximum absolute atomic E-state index is 3.27. The first-order chi connectivity index (χ1) is 11.4. The molecule has 134 valence electrons. The van der Waals surface area contributed by atoms with Gasteiger partial charge in [-0.1, -0.05) is 70.4 Å². The van der Waals surface area contributed by atoms with Gasteiger partial charge in [-0.25, -0.2) is 0 Å². The standard InChI is InChI=1S/C21H40N2/c1-2-3-4-5-6-7-8-9-10-11-12-13-14-15-16-17-19-23-20-18-22-21-23/h9-10,21H,2-8,11-20H2,1H3/p+1. The van der Waals surface area contributed by atoms with Crippen molar-refractivity contribution in [2.45, 2.75) is 96.8 Å². The third-order valence-electron chi connectivity index (χ3n) is 4.77. The molecule has 0 amide bonds. The normalized spacial score (nSPS) is 14.4. The van der Waals surface area contributed by atoms with Gasteiger partial charge in [-0.15, -0.1) is 0 Å². The van der Waals surface area contributed by atoms with E-state index in [2.05, 4.69) is 35.3 Å². The molecule has 1 aliphatic heterocycles. The topological polar surface area (TPSA) is 15.0 Å². The molecule has 0 saturated carbocycles. The van der Waals surface area contributed by atoms with Crippen LogP contribution < -0.4 is 5.32 Å². The van der Waals surface area contributed by atoms with E-state index in [-0.39, 0.29) is 0 Å². The molecule has 2 heteroatoms. The highest BCUT2D eigenvalue weighted by atomic mass is 15.1. The molecular formula is C21H41N2+. The molecule has 0 aromatic rings. The first-order valence-corrected chi connectivity index (χ1v) is 10.4. The van der Waals surface area contributed by atoms with E-state index in [1.54, 1.807) is 0 Å². The van der Waals surface area contributed by atoms with Gasteiger partial charge in [0.25, 0.3) is 0 Å². The molecule has 0 spiro atoms. The number of allylic oxidation sites excluding steroid dienone is 2. The predicted molar refractivity (Wildman–Crippen MR) is 104 cm³/mol. The molecular weight excluding hydrogens is 280 g/mol. The van der Waals surface area contributed by atoms with Crippen molar-refractivity contribution >= 4 is 6.34 Å². The molecule has 1 rings (SSSR count).